The van der Waals surface area contributed by atoms with E-state index in [-0.39, 0.29) is 23.6 Å². The van der Waals surface area contributed by atoms with Gasteiger partial charge in [-0.25, -0.2) is 9.79 Å². The molecule has 0 bridgehead atoms. The van der Waals surface area contributed by atoms with E-state index in [1.165, 1.54) is 12.1 Å². The maximum absolute atomic E-state index is 12.3. The highest BCUT2D eigenvalue weighted by Crippen LogP contribution is 2.40. The van der Waals surface area contributed by atoms with Crippen LogP contribution < -0.4 is 0 Å². The Morgan fingerprint density at radius 2 is 1.89 bits per heavy atom. The lowest BCUT2D eigenvalue weighted by molar-refractivity contribution is -0.384. The number of ether oxygens (including phenoxy) is 1. The van der Waals surface area contributed by atoms with Crippen molar-refractivity contribution in [3.63, 3.8) is 0 Å². The molecule has 0 saturated carbocycles. The number of carbonyl (C=O) groups excluding carboxylic acids is 1. The molecule has 3 rings (SSSR count). The number of hydrogen-bond acceptors (Lipinski definition) is 7. The number of para-hydroxylation sites is 1. The van der Waals surface area contributed by atoms with E-state index >= 15 is 0 Å². The van der Waals surface area contributed by atoms with Crippen LogP contribution in [0.5, 0.6) is 0 Å². The molecule has 1 aliphatic rings. The van der Waals surface area contributed by atoms with Gasteiger partial charge in [-0.15, -0.1) is 0 Å². The van der Waals surface area contributed by atoms with Crippen molar-refractivity contribution in [2.24, 2.45) is 4.99 Å². The van der Waals surface area contributed by atoms with Gasteiger partial charge in [0.2, 0.25) is 0 Å². The van der Waals surface area contributed by atoms with Crippen molar-refractivity contribution < 1.29 is 19.6 Å². The lowest BCUT2D eigenvalue weighted by Crippen LogP contribution is -2.12. The highest BCUT2D eigenvalue weighted by atomic mass is 32.2. The molecule has 8 heteroatoms. The minimum absolute atomic E-state index is 0.00358. The number of aliphatic hydroxyl groups is 1. The topological polar surface area (TPSA) is 102 Å². The third-order valence-electron chi connectivity index (χ3n) is 3.76. The maximum atomic E-state index is 12.3. The van der Waals surface area contributed by atoms with E-state index in [0.717, 1.165) is 11.8 Å². The number of thioether (sulfide) groups is 1. The van der Waals surface area contributed by atoms with Gasteiger partial charge in [-0.1, -0.05) is 30.0 Å². The lowest BCUT2D eigenvalue weighted by Gasteiger charge is -2.03. The Balaban J connectivity index is 2.00. The molecule has 7 nitrogen and oxygen atoms in total. The van der Waals surface area contributed by atoms with E-state index in [4.69, 9.17) is 4.74 Å². The molecular formula is C20H16N2O5S. The van der Waals surface area contributed by atoms with Crippen LogP contribution in [-0.2, 0) is 9.53 Å². The SMILES string of the molecule is CCOC(=O)C1=C(O)/C(=C/c2ccc([N+](=O)[O-])cc2)SC1=Nc1ccccc1. The van der Waals surface area contributed by atoms with Crippen LogP contribution >= 0.6 is 11.8 Å². The van der Waals surface area contributed by atoms with Gasteiger partial charge < -0.3 is 9.84 Å². The molecule has 2 aromatic rings. The first-order valence-corrected chi connectivity index (χ1v) is 9.20. The van der Waals surface area contributed by atoms with Crippen LogP contribution in [0.2, 0.25) is 0 Å². The number of aliphatic hydroxyl groups excluding tert-OH is 1. The van der Waals surface area contributed by atoms with Crippen molar-refractivity contribution in [2.75, 3.05) is 6.61 Å². The average Bonchev–Trinajstić information content (AvgIpc) is 2.98. The second-order valence-electron chi connectivity index (χ2n) is 5.66. The van der Waals surface area contributed by atoms with Crippen molar-refractivity contribution >= 4 is 40.2 Å². The van der Waals surface area contributed by atoms with E-state index in [0.29, 0.717) is 21.2 Å². The zero-order chi connectivity index (χ0) is 20.1. The van der Waals surface area contributed by atoms with Crippen LogP contribution in [-0.4, -0.2) is 27.6 Å². The number of rotatable bonds is 5. The van der Waals surface area contributed by atoms with Gasteiger partial charge in [0.05, 0.1) is 22.1 Å². The molecule has 0 spiro atoms. The summed E-state index contributed by atoms with van der Waals surface area (Å²) in [4.78, 5) is 27.5. The Hall–Kier alpha value is -3.39. The first-order valence-electron chi connectivity index (χ1n) is 8.38. The first kappa shape index (κ1) is 19.4. The Kier molecular flexibility index (Phi) is 5.90. The molecule has 0 atom stereocenters. The van der Waals surface area contributed by atoms with E-state index in [1.807, 2.05) is 18.2 Å². The summed E-state index contributed by atoms with van der Waals surface area (Å²) in [7, 11) is 0. The number of aliphatic imine (C=N–C) groups is 1. The molecule has 0 aliphatic carbocycles. The lowest BCUT2D eigenvalue weighted by atomic mass is 10.1. The smallest absolute Gasteiger partial charge is 0.344 e. The van der Waals surface area contributed by atoms with Crippen LogP contribution in [0.3, 0.4) is 0 Å². The molecule has 0 aromatic heterocycles. The fourth-order valence-electron chi connectivity index (χ4n) is 2.46. The largest absolute Gasteiger partial charge is 0.506 e. The zero-order valence-corrected chi connectivity index (χ0v) is 15.7. The van der Waals surface area contributed by atoms with Crippen molar-refractivity contribution in [2.45, 2.75) is 6.92 Å². The Labute approximate surface area is 165 Å². The molecule has 1 heterocycles. The monoisotopic (exact) mass is 396 g/mol. The predicted octanol–water partition coefficient (Wildman–Crippen LogP) is 4.79. The van der Waals surface area contributed by atoms with Crippen molar-refractivity contribution in [1.29, 1.82) is 0 Å². The minimum atomic E-state index is -0.658. The van der Waals surface area contributed by atoms with Crippen molar-refractivity contribution in [3.8, 4) is 0 Å². The zero-order valence-electron chi connectivity index (χ0n) is 14.9. The fraction of sp³-hybridized carbons (Fsp3) is 0.100. The van der Waals surface area contributed by atoms with Crippen LogP contribution in [0, 0.1) is 10.1 Å². The summed E-state index contributed by atoms with van der Waals surface area (Å²) >= 11 is 1.13. The number of nitro groups is 1. The highest BCUT2D eigenvalue weighted by Gasteiger charge is 2.33. The number of benzene rings is 2. The second kappa shape index (κ2) is 8.53. The highest BCUT2D eigenvalue weighted by molar-refractivity contribution is 8.18. The number of esters is 1. The molecule has 1 aliphatic heterocycles. The third kappa shape index (κ3) is 4.29. The van der Waals surface area contributed by atoms with Gasteiger partial charge in [-0.2, -0.15) is 0 Å². The second-order valence-corrected chi connectivity index (χ2v) is 6.69. The average molecular weight is 396 g/mol. The fourth-order valence-corrected chi connectivity index (χ4v) is 3.49. The third-order valence-corrected chi connectivity index (χ3v) is 4.78. The number of non-ortho nitro benzene ring substituents is 1. The Bertz CT molecular complexity index is 995. The van der Waals surface area contributed by atoms with Crippen LogP contribution in [0.4, 0.5) is 11.4 Å². The number of nitrogens with zero attached hydrogens (tertiary/aromatic N) is 2. The molecule has 0 fully saturated rings. The molecule has 2 aromatic carbocycles. The van der Waals surface area contributed by atoms with Gasteiger partial charge in [-0.05, 0) is 42.8 Å². The molecule has 0 radical (unpaired) electrons. The summed E-state index contributed by atoms with van der Waals surface area (Å²) in [5.41, 5.74) is 1.25. The van der Waals surface area contributed by atoms with Crippen LogP contribution in [0.1, 0.15) is 12.5 Å². The van der Waals surface area contributed by atoms with E-state index < -0.39 is 10.9 Å². The summed E-state index contributed by atoms with van der Waals surface area (Å²) in [6.07, 6.45) is 1.64. The minimum Gasteiger partial charge on any atom is -0.506 e. The summed E-state index contributed by atoms with van der Waals surface area (Å²) in [6, 6.07) is 14.9. The Morgan fingerprint density at radius 3 is 2.50 bits per heavy atom. The maximum Gasteiger partial charge on any atom is 0.344 e. The summed E-state index contributed by atoms with van der Waals surface area (Å²) < 4.78 is 5.05. The molecule has 142 valence electrons. The molecule has 0 unspecified atom stereocenters. The van der Waals surface area contributed by atoms with Crippen LogP contribution in [0.25, 0.3) is 6.08 Å². The van der Waals surface area contributed by atoms with Gasteiger partial charge in [0.1, 0.15) is 16.4 Å². The number of nitro benzene ring substituents is 1. The van der Waals surface area contributed by atoms with Gasteiger partial charge in [-0.3, -0.25) is 10.1 Å². The van der Waals surface area contributed by atoms with Crippen molar-refractivity contribution in [1.82, 2.24) is 0 Å². The number of hydrogen-bond donors (Lipinski definition) is 1. The quantitative estimate of drug-likeness (QED) is 0.443. The molecule has 28 heavy (non-hydrogen) atoms. The number of carbonyl (C=O) groups is 1. The van der Waals surface area contributed by atoms with E-state index in [9.17, 15) is 20.0 Å². The Morgan fingerprint density at radius 1 is 1.21 bits per heavy atom. The molecule has 0 saturated heterocycles. The predicted molar refractivity (Wildman–Crippen MR) is 108 cm³/mol. The standard InChI is InChI=1S/C20H16N2O5S/c1-2-27-20(24)17-18(23)16(12-13-8-10-15(11-9-13)22(25)26)28-19(17)21-14-6-4-3-5-7-14/h3-12,23H,2H2,1H3/b16-12-,21-19?. The molecular weight excluding hydrogens is 380 g/mol. The van der Waals surface area contributed by atoms with Crippen molar-refractivity contribution in [3.05, 3.63) is 86.5 Å². The van der Waals surface area contributed by atoms with Gasteiger partial charge >= 0.3 is 5.97 Å². The van der Waals surface area contributed by atoms with Gasteiger partial charge in [0, 0.05) is 12.1 Å². The van der Waals surface area contributed by atoms with Gasteiger partial charge in [0.25, 0.3) is 5.69 Å². The normalized spacial score (nSPS) is 16.6. The van der Waals surface area contributed by atoms with E-state index in [2.05, 4.69) is 4.99 Å². The first-order chi connectivity index (χ1) is 13.5. The molecule has 1 N–H and O–H groups in total. The van der Waals surface area contributed by atoms with Crippen LogP contribution in [0.15, 0.2) is 75.8 Å². The van der Waals surface area contributed by atoms with Gasteiger partial charge in [0.15, 0.2) is 0 Å². The summed E-state index contributed by atoms with van der Waals surface area (Å²) in [6.45, 7) is 1.85. The summed E-state index contributed by atoms with van der Waals surface area (Å²) in [5, 5.41) is 21.7. The summed E-state index contributed by atoms with van der Waals surface area (Å²) in [5.74, 6) is -0.884. The molecule has 0 amide bonds. The van der Waals surface area contributed by atoms with E-state index in [1.54, 1.807) is 37.3 Å².